The maximum atomic E-state index is 13.6. The molecule has 0 N–H and O–H groups in total. The van der Waals surface area contributed by atoms with Gasteiger partial charge in [0.15, 0.2) is 0 Å². The van der Waals surface area contributed by atoms with Gasteiger partial charge in [0.05, 0.1) is 18.6 Å². The maximum Gasteiger partial charge on any atom is 0.243 e. The Bertz CT molecular complexity index is 1060. The van der Waals surface area contributed by atoms with E-state index in [0.717, 1.165) is 48.0 Å². The molecule has 0 bridgehead atoms. The van der Waals surface area contributed by atoms with Crippen molar-refractivity contribution < 1.29 is 17.9 Å². The van der Waals surface area contributed by atoms with Gasteiger partial charge in [-0.1, -0.05) is 35.2 Å². The van der Waals surface area contributed by atoms with Gasteiger partial charge in [-0.15, -0.1) is 0 Å². The molecule has 1 saturated heterocycles. The second kappa shape index (κ2) is 11.1. The quantitative estimate of drug-likeness (QED) is 0.519. The lowest BCUT2D eigenvalue weighted by molar-refractivity contribution is -0.132. The third-order valence-electron chi connectivity index (χ3n) is 6.76. The molecule has 0 aromatic heterocycles. The van der Waals surface area contributed by atoms with Gasteiger partial charge in [-0.25, -0.2) is 8.42 Å². The number of carbonyl (C=O) groups excluding carboxylic acids is 1. The molecule has 1 saturated carbocycles. The third-order valence-corrected chi connectivity index (χ3v) is 9.20. The highest BCUT2D eigenvalue weighted by Crippen LogP contribution is 2.29. The maximum absolute atomic E-state index is 13.6. The summed E-state index contributed by atoms with van der Waals surface area (Å²) in [6.07, 6.45) is 4.70. The molecule has 2 fully saturated rings. The molecule has 9 heteroatoms. The van der Waals surface area contributed by atoms with Crippen LogP contribution in [0.25, 0.3) is 0 Å². The molecule has 1 amide bonds. The number of nitrogens with zero attached hydrogens (tertiary/aromatic N) is 3. The largest absolute Gasteiger partial charge is 0.497 e. The average Bonchev–Trinajstić information content (AvgIpc) is 2.88. The average molecular weight is 551 g/mol. The Hall–Kier alpha value is -2.10. The number of amides is 1. The molecule has 184 valence electrons. The van der Waals surface area contributed by atoms with Gasteiger partial charge in [-0.05, 0) is 61.4 Å². The van der Waals surface area contributed by atoms with Crippen molar-refractivity contribution in [2.24, 2.45) is 0 Å². The van der Waals surface area contributed by atoms with Gasteiger partial charge < -0.3 is 14.5 Å². The fourth-order valence-corrected chi connectivity index (χ4v) is 6.66. The van der Waals surface area contributed by atoms with Crippen LogP contribution in [0.15, 0.2) is 57.9 Å². The lowest BCUT2D eigenvalue weighted by Crippen LogP contribution is -2.53. The van der Waals surface area contributed by atoms with Crippen molar-refractivity contribution in [3.05, 3.63) is 53.0 Å². The molecule has 0 atom stereocenters. The van der Waals surface area contributed by atoms with Gasteiger partial charge in [0, 0.05) is 42.4 Å². The van der Waals surface area contributed by atoms with E-state index in [1.807, 2.05) is 24.3 Å². The number of methoxy groups -OCH3 is 1. The van der Waals surface area contributed by atoms with Crippen molar-refractivity contribution in [2.45, 2.75) is 43.0 Å². The summed E-state index contributed by atoms with van der Waals surface area (Å²) in [5.41, 5.74) is 1.09. The normalized spacial score (nSPS) is 17.7. The van der Waals surface area contributed by atoms with E-state index >= 15 is 0 Å². The third kappa shape index (κ3) is 5.75. The highest BCUT2D eigenvalue weighted by molar-refractivity contribution is 9.10. The summed E-state index contributed by atoms with van der Waals surface area (Å²) in [6.45, 7) is 2.46. The van der Waals surface area contributed by atoms with Gasteiger partial charge in [0.1, 0.15) is 5.75 Å². The number of hydrogen-bond acceptors (Lipinski definition) is 5. The van der Waals surface area contributed by atoms with E-state index in [2.05, 4.69) is 20.8 Å². The summed E-state index contributed by atoms with van der Waals surface area (Å²) in [4.78, 5) is 17.6. The van der Waals surface area contributed by atoms with Crippen molar-refractivity contribution in [2.75, 3.05) is 44.7 Å². The van der Waals surface area contributed by atoms with E-state index in [9.17, 15) is 13.2 Å². The number of ether oxygens (including phenoxy) is 1. The van der Waals surface area contributed by atoms with Gasteiger partial charge in [0.25, 0.3) is 0 Å². The number of benzene rings is 2. The second-order valence-corrected chi connectivity index (χ2v) is 11.7. The van der Waals surface area contributed by atoms with Crippen molar-refractivity contribution in [3.8, 4) is 5.75 Å². The number of halogens is 1. The summed E-state index contributed by atoms with van der Waals surface area (Å²) in [5, 5.41) is 0. The first-order valence-electron chi connectivity index (χ1n) is 11.8. The number of rotatable bonds is 7. The summed E-state index contributed by atoms with van der Waals surface area (Å²) in [5.74, 6) is 0.688. The van der Waals surface area contributed by atoms with Crippen LogP contribution in [0.4, 0.5) is 5.69 Å². The van der Waals surface area contributed by atoms with E-state index in [1.54, 1.807) is 36.3 Å². The van der Waals surface area contributed by atoms with Gasteiger partial charge in [-0.3, -0.25) is 4.79 Å². The molecular formula is C25H32BrN3O4S. The van der Waals surface area contributed by atoms with E-state index in [1.165, 1.54) is 4.31 Å². The Morgan fingerprint density at radius 1 is 0.971 bits per heavy atom. The zero-order chi connectivity index (χ0) is 24.1. The van der Waals surface area contributed by atoms with Crippen LogP contribution in [-0.2, 0) is 14.8 Å². The van der Waals surface area contributed by atoms with E-state index in [-0.39, 0.29) is 23.4 Å². The van der Waals surface area contributed by atoms with Crippen LogP contribution in [0, 0.1) is 0 Å². The molecule has 2 aliphatic rings. The first-order valence-corrected chi connectivity index (χ1v) is 14.1. The van der Waals surface area contributed by atoms with Crippen LogP contribution in [-0.4, -0.2) is 69.4 Å². The van der Waals surface area contributed by atoms with Crippen molar-refractivity contribution in [1.29, 1.82) is 0 Å². The van der Waals surface area contributed by atoms with E-state index in [4.69, 9.17) is 4.74 Å². The molecule has 0 radical (unpaired) electrons. The molecule has 2 aromatic carbocycles. The predicted octanol–water partition coefficient (Wildman–Crippen LogP) is 4.13. The van der Waals surface area contributed by atoms with Crippen LogP contribution in [0.2, 0.25) is 0 Å². The van der Waals surface area contributed by atoms with Crippen LogP contribution in [0.5, 0.6) is 5.75 Å². The van der Waals surface area contributed by atoms with E-state index in [0.29, 0.717) is 26.2 Å². The fourth-order valence-electron chi connectivity index (χ4n) is 4.76. The first-order chi connectivity index (χ1) is 16.4. The molecule has 7 nitrogen and oxygen atoms in total. The van der Waals surface area contributed by atoms with E-state index < -0.39 is 10.0 Å². The first kappa shape index (κ1) is 25.0. The Kier molecular flexibility index (Phi) is 8.16. The minimum Gasteiger partial charge on any atom is -0.497 e. The standard InChI is InChI=1S/C25H32BrN3O4S/c1-33-23-11-9-21(10-12-23)27-15-17-28(18-16-27)25(30)19-29(22-5-3-2-4-6-22)34(31,32)24-13-7-20(26)8-14-24/h7-14,22H,2-6,15-19H2,1H3. The van der Waals surface area contributed by atoms with Crippen LogP contribution in [0.3, 0.4) is 0 Å². The molecule has 1 heterocycles. The molecule has 1 aliphatic heterocycles. The predicted molar refractivity (Wildman–Crippen MR) is 137 cm³/mol. The molecule has 1 aliphatic carbocycles. The summed E-state index contributed by atoms with van der Waals surface area (Å²) < 4.78 is 34.7. The zero-order valence-electron chi connectivity index (χ0n) is 19.5. The second-order valence-electron chi connectivity index (χ2n) is 8.86. The fraction of sp³-hybridized carbons (Fsp3) is 0.480. The smallest absolute Gasteiger partial charge is 0.243 e. The lowest BCUT2D eigenvalue weighted by Gasteiger charge is -2.38. The van der Waals surface area contributed by atoms with Gasteiger partial charge in [0.2, 0.25) is 15.9 Å². The highest BCUT2D eigenvalue weighted by atomic mass is 79.9. The number of anilines is 1. The molecular weight excluding hydrogens is 518 g/mol. The van der Waals surface area contributed by atoms with Crippen LogP contribution < -0.4 is 9.64 Å². The minimum absolute atomic E-state index is 0.106. The number of piperazine rings is 1. The van der Waals surface area contributed by atoms with Crippen LogP contribution >= 0.6 is 15.9 Å². The molecule has 34 heavy (non-hydrogen) atoms. The number of sulfonamides is 1. The van der Waals surface area contributed by atoms with Crippen LogP contribution in [0.1, 0.15) is 32.1 Å². The number of hydrogen-bond donors (Lipinski definition) is 0. The van der Waals surface area contributed by atoms with Crippen molar-refractivity contribution >= 4 is 37.5 Å². The lowest BCUT2D eigenvalue weighted by atomic mass is 9.95. The van der Waals surface area contributed by atoms with Gasteiger partial charge >= 0.3 is 0 Å². The topological polar surface area (TPSA) is 70.2 Å². The Balaban J connectivity index is 1.45. The highest BCUT2D eigenvalue weighted by Gasteiger charge is 2.35. The Labute approximate surface area is 210 Å². The molecule has 0 spiro atoms. The summed E-state index contributed by atoms with van der Waals surface area (Å²) in [7, 11) is -2.12. The molecule has 2 aromatic rings. The number of carbonyl (C=O) groups is 1. The van der Waals surface area contributed by atoms with Crippen molar-refractivity contribution in [1.82, 2.24) is 9.21 Å². The zero-order valence-corrected chi connectivity index (χ0v) is 21.9. The van der Waals surface area contributed by atoms with Crippen molar-refractivity contribution in [3.63, 3.8) is 0 Å². The Morgan fingerprint density at radius 3 is 2.18 bits per heavy atom. The summed E-state index contributed by atoms with van der Waals surface area (Å²) in [6, 6.07) is 14.4. The minimum atomic E-state index is -3.77. The monoisotopic (exact) mass is 549 g/mol. The SMILES string of the molecule is COc1ccc(N2CCN(C(=O)CN(C3CCCCC3)S(=O)(=O)c3ccc(Br)cc3)CC2)cc1. The Morgan fingerprint density at radius 2 is 1.59 bits per heavy atom. The summed E-state index contributed by atoms with van der Waals surface area (Å²) >= 11 is 3.37. The van der Waals surface area contributed by atoms with Gasteiger partial charge in [-0.2, -0.15) is 4.31 Å². The molecule has 0 unspecified atom stereocenters. The molecule has 4 rings (SSSR count).